The van der Waals surface area contributed by atoms with Crippen LogP contribution in [0.2, 0.25) is 0 Å². The molecule has 174 valence electrons. The third-order valence-corrected chi connectivity index (χ3v) is 7.17. The molecule has 11 heteroatoms. The van der Waals surface area contributed by atoms with Gasteiger partial charge in [-0.25, -0.2) is 4.98 Å². The second-order valence-corrected chi connectivity index (χ2v) is 9.19. The van der Waals surface area contributed by atoms with E-state index in [1.165, 1.54) is 30.5 Å². The van der Waals surface area contributed by atoms with E-state index in [4.69, 9.17) is 5.26 Å². The molecule has 0 aliphatic carbocycles. The predicted molar refractivity (Wildman–Crippen MR) is 116 cm³/mol. The molecular weight excluding hydrogens is 455 g/mol. The minimum atomic E-state index is -4.61. The monoisotopic (exact) mass is 477 g/mol. The molecule has 1 N–H and O–H groups in total. The van der Waals surface area contributed by atoms with Gasteiger partial charge in [-0.1, -0.05) is 0 Å². The number of rotatable bonds is 3. The molecule has 3 heterocycles. The maximum atomic E-state index is 13.4. The van der Waals surface area contributed by atoms with Crippen molar-refractivity contribution in [3.63, 3.8) is 0 Å². The Morgan fingerprint density at radius 2 is 2.03 bits per heavy atom. The van der Waals surface area contributed by atoms with Gasteiger partial charge in [0.25, 0.3) is 5.91 Å². The number of nitriles is 1. The Bertz CT molecular complexity index is 1090. The van der Waals surface area contributed by atoms with Crippen molar-refractivity contribution in [3.8, 4) is 6.07 Å². The second-order valence-electron chi connectivity index (χ2n) is 8.47. The number of hydrogen-bond acceptors (Lipinski definition) is 6. The van der Waals surface area contributed by atoms with Gasteiger partial charge in [0.05, 0.1) is 22.7 Å². The topological polar surface area (TPSA) is 89.3 Å². The van der Waals surface area contributed by atoms with Crippen LogP contribution in [0.1, 0.15) is 40.9 Å². The summed E-state index contributed by atoms with van der Waals surface area (Å²) in [5.74, 6) is -0.522. The van der Waals surface area contributed by atoms with Gasteiger partial charge >= 0.3 is 6.18 Å². The zero-order valence-electron chi connectivity index (χ0n) is 17.9. The molecule has 4 rings (SSSR count). The average Bonchev–Trinajstić information content (AvgIpc) is 3.47. The Morgan fingerprint density at radius 3 is 2.61 bits per heavy atom. The fourth-order valence-corrected chi connectivity index (χ4v) is 5.32. The van der Waals surface area contributed by atoms with Gasteiger partial charge in [-0.3, -0.25) is 9.59 Å². The summed E-state index contributed by atoms with van der Waals surface area (Å²) in [4.78, 5) is 33.0. The predicted octanol–water partition coefficient (Wildman–Crippen LogP) is 3.28. The molecule has 1 aromatic carbocycles. The zero-order chi connectivity index (χ0) is 23.8. The van der Waals surface area contributed by atoms with E-state index in [0.717, 1.165) is 6.07 Å². The van der Waals surface area contributed by atoms with Crippen LogP contribution in [0.15, 0.2) is 29.1 Å². The summed E-state index contributed by atoms with van der Waals surface area (Å²) in [6, 6.07) is 4.75. The minimum Gasteiger partial charge on any atom is -0.371 e. The molecule has 1 spiro atoms. The van der Waals surface area contributed by atoms with E-state index < -0.39 is 23.3 Å². The average molecular weight is 478 g/mol. The molecule has 33 heavy (non-hydrogen) atoms. The smallest absolute Gasteiger partial charge is 0.371 e. The van der Waals surface area contributed by atoms with E-state index in [-0.39, 0.29) is 17.2 Å². The number of likely N-dealkylation sites (N-methyl/N-ethyl adjacent to an activating group) is 1. The fourth-order valence-electron chi connectivity index (χ4n) is 4.80. The fraction of sp³-hybridized carbons (Fsp3) is 0.455. The minimum absolute atomic E-state index is 0.236. The molecule has 2 saturated heterocycles. The van der Waals surface area contributed by atoms with Gasteiger partial charge in [-0.05, 0) is 42.9 Å². The highest BCUT2D eigenvalue weighted by molar-refractivity contribution is 7.07. The van der Waals surface area contributed by atoms with Gasteiger partial charge < -0.3 is 15.1 Å². The molecule has 7 nitrogen and oxygen atoms in total. The summed E-state index contributed by atoms with van der Waals surface area (Å²) < 4.78 is 40.1. The highest BCUT2D eigenvalue weighted by atomic mass is 32.1. The van der Waals surface area contributed by atoms with Crippen molar-refractivity contribution < 1.29 is 22.8 Å². The first kappa shape index (κ1) is 23.0. The van der Waals surface area contributed by atoms with Crippen molar-refractivity contribution in [3.05, 3.63) is 45.9 Å². The lowest BCUT2D eigenvalue weighted by Crippen LogP contribution is -2.45. The lowest BCUT2D eigenvalue weighted by Gasteiger charge is -2.40. The van der Waals surface area contributed by atoms with Crippen molar-refractivity contribution >= 4 is 28.8 Å². The molecule has 1 atom stereocenters. The molecule has 1 aromatic heterocycles. The Morgan fingerprint density at radius 1 is 1.30 bits per heavy atom. The first-order valence-corrected chi connectivity index (χ1v) is 11.4. The van der Waals surface area contributed by atoms with Gasteiger partial charge in [0.2, 0.25) is 5.91 Å². The second kappa shape index (κ2) is 8.67. The number of hydrogen-bond donors (Lipinski definition) is 1. The van der Waals surface area contributed by atoms with E-state index in [0.29, 0.717) is 50.3 Å². The number of anilines is 1. The van der Waals surface area contributed by atoms with Crippen LogP contribution in [0.4, 0.5) is 18.9 Å². The molecule has 0 bridgehead atoms. The zero-order valence-corrected chi connectivity index (χ0v) is 18.7. The highest BCUT2D eigenvalue weighted by Crippen LogP contribution is 2.45. The maximum Gasteiger partial charge on any atom is 0.417 e. The van der Waals surface area contributed by atoms with Gasteiger partial charge in [0.15, 0.2) is 0 Å². The summed E-state index contributed by atoms with van der Waals surface area (Å²) in [5.41, 5.74) is 0.648. The van der Waals surface area contributed by atoms with Crippen LogP contribution in [0.25, 0.3) is 0 Å². The van der Waals surface area contributed by atoms with Crippen molar-refractivity contribution in [1.29, 1.82) is 5.26 Å². The molecule has 2 aliphatic rings. The van der Waals surface area contributed by atoms with Gasteiger partial charge in [-0.15, -0.1) is 11.3 Å². The first-order chi connectivity index (χ1) is 15.7. The summed E-state index contributed by atoms with van der Waals surface area (Å²) in [6.07, 6.45) is -2.86. The molecule has 2 aromatic rings. The molecular formula is C22H22F3N5O2S. The largest absolute Gasteiger partial charge is 0.417 e. The number of carbonyl (C=O) groups excluding carboxylic acids is 2. The molecule has 2 amide bonds. The number of nitrogens with zero attached hydrogens (tertiary/aromatic N) is 4. The van der Waals surface area contributed by atoms with Crippen LogP contribution >= 0.6 is 11.3 Å². The number of benzene rings is 1. The summed E-state index contributed by atoms with van der Waals surface area (Å²) in [6.45, 7) is 1.38. The third-order valence-electron chi connectivity index (χ3n) is 6.59. The Labute approximate surface area is 192 Å². The van der Waals surface area contributed by atoms with Crippen molar-refractivity contribution in [1.82, 2.24) is 15.2 Å². The molecule has 1 unspecified atom stereocenters. The third kappa shape index (κ3) is 4.39. The number of likely N-dealkylation sites (tertiary alicyclic amines) is 1. The maximum absolute atomic E-state index is 13.4. The van der Waals surface area contributed by atoms with Crippen LogP contribution < -0.4 is 10.2 Å². The van der Waals surface area contributed by atoms with Gasteiger partial charge in [-0.2, -0.15) is 18.4 Å². The Balaban J connectivity index is 1.52. The quantitative estimate of drug-likeness (QED) is 0.733. The number of alkyl halides is 3. The normalized spacial score (nSPS) is 20.0. The summed E-state index contributed by atoms with van der Waals surface area (Å²) in [5, 5.41) is 13.3. The van der Waals surface area contributed by atoms with Crippen molar-refractivity contribution in [2.45, 2.75) is 31.5 Å². The molecule has 0 saturated carbocycles. The number of nitrogens with one attached hydrogen (secondary N) is 1. The molecule has 2 aliphatic heterocycles. The standard InChI is InChI=1S/C22H22F3N5O2S/c1-27-19(31)18-9-21(12-30(18)20(32)17-11-33-13-28-17)4-6-29(7-5-21)15-3-2-14(10-26)16(8-15)22(23,24)25/h2-3,8,11,13,18H,4-7,9,12H2,1H3,(H,27,31). The van der Waals surface area contributed by atoms with E-state index in [9.17, 15) is 22.8 Å². The molecule has 2 fully saturated rings. The summed E-state index contributed by atoms with van der Waals surface area (Å²) in [7, 11) is 1.53. The van der Waals surface area contributed by atoms with E-state index in [1.807, 2.05) is 4.90 Å². The number of thiazole rings is 1. The lowest BCUT2D eigenvalue weighted by atomic mass is 9.76. The highest BCUT2D eigenvalue weighted by Gasteiger charge is 2.50. The van der Waals surface area contributed by atoms with E-state index >= 15 is 0 Å². The lowest BCUT2D eigenvalue weighted by molar-refractivity contribution is -0.137. The first-order valence-electron chi connectivity index (χ1n) is 10.4. The van der Waals surface area contributed by atoms with Crippen LogP contribution in [-0.4, -0.2) is 54.4 Å². The van der Waals surface area contributed by atoms with Gasteiger partial charge in [0, 0.05) is 37.7 Å². The van der Waals surface area contributed by atoms with Crippen LogP contribution in [0, 0.1) is 16.7 Å². The summed E-state index contributed by atoms with van der Waals surface area (Å²) >= 11 is 1.31. The van der Waals surface area contributed by atoms with Crippen LogP contribution in [0.5, 0.6) is 0 Å². The Hall–Kier alpha value is -3.13. The van der Waals surface area contributed by atoms with Crippen LogP contribution in [0.3, 0.4) is 0 Å². The van der Waals surface area contributed by atoms with E-state index in [2.05, 4.69) is 10.3 Å². The van der Waals surface area contributed by atoms with Gasteiger partial charge in [0.1, 0.15) is 11.7 Å². The number of halogens is 3. The van der Waals surface area contributed by atoms with Crippen molar-refractivity contribution in [2.24, 2.45) is 5.41 Å². The Kier molecular flexibility index (Phi) is 6.05. The number of amides is 2. The molecule has 0 radical (unpaired) electrons. The number of piperidine rings is 1. The van der Waals surface area contributed by atoms with E-state index in [1.54, 1.807) is 21.9 Å². The number of aromatic nitrogens is 1. The number of carbonyl (C=O) groups is 2. The van der Waals surface area contributed by atoms with Crippen molar-refractivity contribution in [2.75, 3.05) is 31.6 Å². The van der Waals surface area contributed by atoms with Crippen LogP contribution in [-0.2, 0) is 11.0 Å². The SMILES string of the molecule is CNC(=O)C1CC2(CCN(c3ccc(C#N)c(C(F)(F)F)c3)CC2)CN1C(=O)c1cscn1.